The molecule has 0 radical (unpaired) electrons. The number of ether oxygens (including phenoxy) is 1. The molecule has 0 amide bonds. The highest BCUT2D eigenvalue weighted by atomic mass is 16.5. The Morgan fingerprint density at radius 3 is 2.72 bits per heavy atom. The first-order valence-electron chi connectivity index (χ1n) is 5.38. The second kappa shape index (κ2) is 4.83. The maximum atomic E-state index is 10.9. The zero-order valence-corrected chi connectivity index (χ0v) is 10.0. The van der Waals surface area contributed by atoms with Crippen LogP contribution in [0.3, 0.4) is 0 Å². The lowest BCUT2D eigenvalue weighted by Crippen LogP contribution is -1.99. The van der Waals surface area contributed by atoms with Gasteiger partial charge in [0.25, 0.3) is 0 Å². The van der Waals surface area contributed by atoms with Crippen LogP contribution in [0.15, 0.2) is 30.5 Å². The molecule has 1 N–H and O–H groups in total. The van der Waals surface area contributed by atoms with Crippen molar-refractivity contribution in [3.8, 4) is 11.8 Å². The molecular formula is C13H12N2O3. The van der Waals surface area contributed by atoms with Crippen molar-refractivity contribution in [3.63, 3.8) is 0 Å². The average Bonchev–Trinajstić information content (AvgIpc) is 2.31. The van der Waals surface area contributed by atoms with Gasteiger partial charge in [0, 0.05) is 11.9 Å². The van der Waals surface area contributed by atoms with Crippen molar-refractivity contribution >= 4 is 5.97 Å². The molecule has 2 aromatic rings. The lowest BCUT2D eigenvalue weighted by molar-refractivity contribution is 0.0696. The Morgan fingerprint density at radius 1 is 1.28 bits per heavy atom. The molecule has 1 aromatic heterocycles. The van der Waals surface area contributed by atoms with Crippen LogP contribution in [0.4, 0.5) is 0 Å². The minimum atomic E-state index is -0.995. The van der Waals surface area contributed by atoms with Gasteiger partial charge in [-0.05, 0) is 37.6 Å². The van der Waals surface area contributed by atoms with Gasteiger partial charge in [0.2, 0.25) is 0 Å². The van der Waals surface area contributed by atoms with E-state index < -0.39 is 5.97 Å². The quantitative estimate of drug-likeness (QED) is 0.898. The van der Waals surface area contributed by atoms with E-state index in [-0.39, 0.29) is 11.6 Å². The van der Waals surface area contributed by atoms with Gasteiger partial charge in [-0.15, -0.1) is 0 Å². The molecule has 0 aliphatic carbocycles. The number of aromatic carboxylic acids is 1. The minimum Gasteiger partial charge on any atom is -0.478 e. The highest BCUT2D eigenvalue weighted by Gasteiger charge is 2.09. The fourth-order valence-corrected chi connectivity index (χ4v) is 1.42. The van der Waals surface area contributed by atoms with Gasteiger partial charge in [0.15, 0.2) is 0 Å². The first-order valence-corrected chi connectivity index (χ1v) is 5.38. The lowest BCUT2D eigenvalue weighted by Gasteiger charge is -2.08. The summed E-state index contributed by atoms with van der Waals surface area (Å²) >= 11 is 0. The maximum absolute atomic E-state index is 10.9. The number of benzene rings is 1. The van der Waals surface area contributed by atoms with Crippen LogP contribution >= 0.6 is 0 Å². The number of nitrogens with zero attached hydrogens (tertiary/aromatic N) is 2. The van der Waals surface area contributed by atoms with Gasteiger partial charge in [0.1, 0.15) is 5.75 Å². The molecule has 0 spiro atoms. The third kappa shape index (κ3) is 2.63. The van der Waals surface area contributed by atoms with Gasteiger partial charge in [0.05, 0.1) is 5.56 Å². The van der Waals surface area contributed by atoms with E-state index >= 15 is 0 Å². The molecule has 2 rings (SSSR count). The second-order valence-electron chi connectivity index (χ2n) is 3.87. The van der Waals surface area contributed by atoms with Crippen LogP contribution in [0, 0.1) is 13.8 Å². The topological polar surface area (TPSA) is 72.3 Å². The number of aromatic nitrogens is 2. The van der Waals surface area contributed by atoms with Crippen LogP contribution in [-0.2, 0) is 0 Å². The van der Waals surface area contributed by atoms with Gasteiger partial charge < -0.3 is 9.84 Å². The van der Waals surface area contributed by atoms with Crippen molar-refractivity contribution in [1.82, 2.24) is 9.97 Å². The van der Waals surface area contributed by atoms with Crippen molar-refractivity contribution in [3.05, 3.63) is 47.3 Å². The molecule has 0 fully saturated rings. The van der Waals surface area contributed by atoms with Gasteiger partial charge in [-0.2, -0.15) is 0 Å². The van der Waals surface area contributed by atoms with Crippen molar-refractivity contribution in [2.24, 2.45) is 0 Å². The number of carboxylic acid groups (broad SMARTS) is 1. The Balaban J connectivity index is 2.33. The van der Waals surface area contributed by atoms with Crippen molar-refractivity contribution in [1.29, 1.82) is 0 Å². The Labute approximate surface area is 104 Å². The molecule has 92 valence electrons. The van der Waals surface area contributed by atoms with E-state index in [1.54, 1.807) is 18.3 Å². The summed E-state index contributed by atoms with van der Waals surface area (Å²) in [4.78, 5) is 19.0. The minimum absolute atomic E-state index is 0.170. The Kier molecular flexibility index (Phi) is 3.23. The van der Waals surface area contributed by atoms with Gasteiger partial charge in [-0.25, -0.2) is 14.8 Å². The van der Waals surface area contributed by atoms with E-state index in [0.29, 0.717) is 5.75 Å². The molecule has 0 bridgehead atoms. The Morgan fingerprint density at radius 2 is 2.06 bits per heavy atom. The smallest absolute Gasteiger partial charge is 0.335 e. The lowest BCUT2D eigenvalue weighted by atomic mass is 10.1. The second-order valence-corrected chi connectivity index (χ2v) is 3.87. The summed E-state index contributed by atoms with van der Waals surface area (Å²) in [6.45, 7) is 3.66. The third-order valence-electron chi connectivity index (χ3n) is 2.41. The molecule has 5 nitrogen and oxygen atoms in total. The van der Waals surface area contributed by atoms with E-state index in [2.05, 4.69) is 9.97 Å². The predicted octanol–water partition coefficient (Wildman–Crippen LogP) is 2.58. The van der Waals surface area contributed by atoms with Crippen LogP contribution in [0.25, 0.3) is 0 Å². The van der Waals surface area contributed by atoms with E-state index in [4.69, 9.17) is 9.84 Å². The fourth-order valence-electron chi connectivity index (χ4n) is 1.42. The monoisotopic (exact) mass is 244 g/mol. The molecule has 0 aliphatic heterocycles. The summed E-state index contributed by atoms with van der Waals surface area (Å²) in [5.41, 5.74) is 1.78. The number of hydrogen-bond donors (Lipinski definition) is 1. The van der Waals surface area contributed by atoms with Crippen LogP contribution in [0.1, 0.15) is 21.6 Å². The summed E-state index contributed by atoms with van der Waals surface area (Å²) in [7, 11) is 0. The third-order valence-corrected chi connectivity index (χ3v) is 2.41. The zero-order valence-electron chi connectivity index (χ0n) is 10.0. The summed E-state index contributed by atoms with van der Waals surface area (Å²) in [5.74, 6) is -0.550. The van der Waals surface area contributed by atoms with Crippen LogP contribution in [0.5, 0.6) is 11.8 Å². The van der Waals surface area contributed by atoms with Crippen LogP contribution in [-0.4, -0.2) is 21.0 Å². The number of rotatable bonds is 3. The van der Waals surface area contributed by atoms with Crippen molar-refractivity contribution in [2.45, 2.75) is 13.8 Å². The summed E-state index contributed by atoms with van der Waals surface area (Å²) in [6, 6.07) is 6.65. The Hall–Kier alpha value is -2.43. The van der Waals surface area contributed by atoms with E-state index in [0.717, 1.165) is 11.3 Å². The van der Waals surface area contributed by atoms with E-state index in [1.807, 2.05) is 13.8 Å². The molecule has 0 aliphatic rings. The molecule has 5 heteroatoms. The normalized spacial score (nSPS) is 10.1. The van der Waals surface area contributed by atoms with Crippen LogP contribution < -0.4 is 4.74 Å². The Bertz CT molecular complexity index is 597. The molecule has 0 saturated carbocycles. The fraction of sp³-hybridized carbons (Fsp3) is 0.154. The first-order chi connectivity index (χ1) is 8.56. The van der Waals surface area contributed by atoms with E-state index in [1.165, 1.54) is 12.1 Å². The summed E-state index contributed by atoms with van der Waals surface area (Å²) in [5, 5.41) is 8.92. The molecule has 1 heterocycles. The predicted molar refractivity (Wildman–Crippen MR) is 65.0 cm³/mol. The van der Waals surface area contributed by atoms with Gasteiger partial charge >= 0.3 is 12.0 Å². The SMILES string of the molecule is Cc1ccnc(Oc2cc(C(=O)O)ccc2C)n1. The molecule has 0 saturated heterocycles. The largest absolute Gasteiger partial charge is 0.478 e. The zero-order chi connectivity index (χ0) is 13.1. The number of hydrogen-bond acceptors (Lipinski definition) is 4. The molecule has 1 aromatic carbocycles. The molecule has 18 heavy (non-hydrogen) atoms. The number of aryl methyl sites for hydroxylation is 2. The molecule has 0 unspecified atom stereocenters. The maximum Gasteiger partial charge on any atom is 0.335 e. The van der Waals surface area contributed by atoms with Gasteiger partial charge in [-0.3, -0.25) is 0 Å². The summed E-state index contributed by atoms with van der Waals surface area (Å²) < 4.78 is 5.50. The molecular weight excluding hydrogens is 232 g/mol. The van der Waals surface area contributed by atoms with Crippen molar-refractivity contribution in [2.75, 3.05) is 0 Å². The summed E-state index contributed by atoms with van der Waals surface area (Å²) in [6.07, 6.45) is 1.59. The van der Waals surface area contributed by atoms with Gasteiger partial charge in [-0.1, -0.05) is 6.07 Å². The average molecular weight is 244 g/mol. The standard InChI is InChI=1S/C13H12N2O3/c1-8-3-4-10(12(16)17)7-11(8)18-13-14-6-5-9(2)15-13/h3-7H,1-2H3,(H,16,17). The van der Waals surface area contributed by atoms with Crippen molar-refractivity contribution < 1.29 is 14.6 Å². The van der Waals surface area contributed by atoms with E-state index in [9.17, 15) is 4.79 Å². The number of carbonyl (C=O) groups is 1. The number of carboxylic acids is 1. The highest BCUT2D eigenvalue weighted by Crippen LogP contribution is 2.23. The first kappa shape index (κ1) is 12.0. The van der Waals surface area contributed by atoms with Crippen LogP contribution in [0.2, 0.25) is 0 Å². The molecule has 0 atom stereocenters. The highest BCUT2D eigenvalue weighted by molar-refractivity contribution is 5.88.